The highest BCUT2D eigenvalue weighted by Gasteiger charge is 2.31. The van der Waals surface area contributed by atoms with Gasteiger partial charge in [0.25, 0.3) is 0 Å². The van der Waals surface area contributed by atoms with E-state index < -0.39 is 9.87 Å². The van der Waals surface area contributed by atoms with Crippen LogP contribution in [-0.4, -0.2) is 8.90 Å². The van der Waals surface area contributed by atoms with Crippen molar-refractivity contribution in [2.75, 3.05) is 0 Å². The average Bonchev–Trinajstić information content (AvgIpc) is 2.04. The molecular formula is C8H7Cl3O. The van der Waals surface area contributed by atoms with Crippen molar-refractivity contribution < 1.29 is 6.48 Å². The number of rotatable bonds is 1. The van der Waals surface area contributed by atoms with Crippen molar-refractivity contribution in [3.8, 4) is 0 Å². The smallest absolute Gasteiger partial charge is 0.220 e. The molecule has 1 atom stereocenters. The minimum absolute atomic E-state index is 0.245. The van der Waals surface area contributed by atoms with E-state index in [9.17, 15) is 5.11 Å². The van der Waals surface area contributed by atoms with Crippen LogP contribution in [0.4, 0.5) is 0 Å². The minimum Gasteiger partial charge on any atom is -0.384 e. The lowest BCUT2D eigenvalue weighted by Crippen LogP contribution is -2.15. The molecule has 1 N–H and O–H groups in total. The average molecular weight is 227 g/mol. The highest BCUT2D eigenvalue weighted by molar-refractivity contribution is 6.68. The fraction of sp³-hybridized carbons (Fsp3) is 0.250. The first kappa shape index (κ1) is 8.64. The summed E-state index contributed by atoms with van der Waals surface area (Å²) in [5, 5.41) is 9.59. The van der Waals surface area contributed by atoms with Gasteiger partial charge in [-0.1, -0.05) is 65.1 Å². The lowest BCUT2D eigenvalue weighted by atomic mass is 10.1. The van der Waals surface area contributed by atoms with Gasteiger partial charge in [-0.3, -0.25) is 0 Å². The Kier molecular flexibility index (Phi) is 2.76. The summed E-state index contributed by atoms with van der Waals surface area (Å²) in [6, 6.07) is 8.11. The Labute approximate surface area is 87.3 Å². The summed E-state index contributed by atoms with van der Waals surface area (Å²) < 4.78 is 5.42. The van der Waals surface area contributed by atoms with Crippen LogP contribution < -0.4 is 0 Å². The summed E-state index contributed by atoms with van der Waals surface area (Å²) in [7, 11) is 0. The molecule has 4 heteroatoms. The predicted molar refractivity (Wildman–Crippen MR) is 51.7 cm³/mol. The SMILES string of the molecule is [2H]C(O)(c1ccccc1)C(Cl)(Cl)Cl. The van der Waals surface area contributed by atoms with E-state index in [1.165, 1.54) is 12.1 Å². The standard InChI is InChI=1S/C8H7Cl3O/c9-8(10,11)7(12)6-4-2-1-3-5-6/h1-5,7,12H/i7D. The molecule has 0 spiro atoms. The van der Waals surface area contributed by atoms with E-state index in [4.69, 9.17) is 36.2 Å². The Balaban J connectivity index is 3.08. The van der Waals surface area contributed by atoms with Crippen LogP contribution in [0.15, 0.2) is 30.3 Å². The second-order valence-electron chi connectivity index (χ2n) is 2.21. The first-order valence-electron chi connectivity index (χ1n) is 3.70. The van der Waals surface area contributed by atoms with Crippen molar-refractivity contribution >= 4 is 34.8 Å². The molecule has 1 unspecified atom stereocenters. The molecular weight excluding hydrogens is 218 g/mol. The Hall–Kier alpha value is 0.0500. The van der Waals surface area contributed by atoms with Gasteiger partial charge in [0, 0.05) is 0 Å². The summed E-state index contributed by atoms with van der Waals surface area (Å²) in [4.78, 5) is 0. The van der Waals surface area contributed by atoms with E-state index in [0.717, 1.165) is 0 Å². The van der Waals surface area contributed by atoms with Gasteiger partial charge in [0.05, 0.1) is 1.37 Å². The predicted octanol–water partition coefficient (Wildman–Crippen LogP) is 3.09. The molecule has 0 radical (unpaired) electrons. The van der Waals surface area contributed by atoms with Gasteiger partial charge in [0.2, 0.25) is 3.79 Å². The van der Waals surface area contributed by atoms with Crippen molar-refractivity contribution in [3.63, 3.8) is 0 Å². The molecule has 0 aliphatic rings. The van der Waals surface area contributed by atoms with Gasteiger partial charge in [-0.2, -0.15) is 0 Å². The number of alkyl halides is 3. The summed E-state index contributed by atoms with van der Waals surface area (Å²) in [5.41, 5.74) is 0.245. The van der Waals surface area contributed by atoms with Crippen molar-refractivity contribution in [2.24, 2.45) is 0 Å². The van der Waals surface area contributed by atoms with Crippen LogP contribution in [0.5, 0.6) is 0 Å². The molecule has 1 aromatic carbocycles. The van der Waals surface area contributed by atoms with Crippen LogP contribution in [0.1, 0.15) is 13.0 Å². The van der Waals surface area contributed by atoms with Crippen LogP contribution in [0, 0.1) is 0 Å². The van der Waals surface area contributed by atoms with Gasteiger partial charge in [0.1, 0.15) is 6.08 Å². The molecule has 12 heavy (non-hydrogen) atoms. The monoisotopic (exact) mass is 225 g/mol. The third kappa shape index (κ3) is 2.53. The number of hydrogen-bond acceptors (Lipinski definition) is 1. The molecule has 0 saturated carbocycles. The van der Waals surface area contributed by atoms with Gasteiger partial charge in [-0.25, -0.2) is 0 Å². The third-order valence-corrected chi connectivity index (χ3v) is 1.85. The number of benzene rings is 1. The van der Waals surface area contributed by atoms with Gasteiger partial charge in [0.15, 0.2) is 0 Å². The summed E-state index contributed by atoms with van der Waals surface area (Å²) in [6.07, 6.45) is -2.22. The molecule has 0 aliphatic heterocycles. The molecule has 0 saturated heterocycles. The van der Waals surface area contributed by atoms with E-state index in [1.807, 2.05) is 0 Å². The fourth-order valence-electron chi connectivity index (χ4n) is 0.760. The molecule has 0 heterocycles. The van der Waals surface area contributed by atoms with E-state index in [0.29, 0.717) is 0 Å². The maximum atomic E-state index is 9.59. The molecule has 66 valence electrons. The van der Waals surface area contributed by atoms with E-state index in [2.05, 4.69) is 0 Å². The Bertz CT molecular complexity index is 281. The minimum atomic E-state index is -2.22. The van der Waals surface area contributed by atoms with Crippen LogP contribution >= 0.6 is 34.8 Å². The van der Waals surface area contributed by atoms with Crippen molar-refractivity contribution in [1.82, 2.24) is 0 Å². The lowest BCUT2D eigenvalue weighted by molar-refractivity contribution is 0.182. The van der Waals surface area contributed by atoms with E-state index >= 15 is 0 Å². The second kappa shape index (κ2) is 3.84. The van der Waals surface area contributed by atoms with Gasteiger partial charge >= 0.3 is 0 Å². The molecule has 0 bridgehead atoms. The first-order chi connectivity index (χ1) is 5.86. The largest absolute Gasteiger partial charge is 0.384 e. The highest BCUT2D eigenvalue weighted by Crippen LogP contribution is 2.39. The summed E-state index contributed by atoms with van der Waals surface area (Å²) in [6.45, 7) is 0. The molecule has 0 aromatic heterocycles. The third-order valence-electron chi connectivity index (χ3n) is 1.32. The normalized spacial score (nSPS) is 18.2. The van der Waals surface area contributed by atoms with Crippen molar-refractivity contribution in [3.05, 3.63) is 35.9 Å². The van der Waals surface area contributed by atoms with Gasteiger partial charge in [-0.05, 0) is 5.56 Å². The van der Waals surface area contributed by atoms with Crippen molar-refractivity contribution in [1.29, 1.82) is 0 Å². The maximum absolute atomic E-state index is 9.59. The fourth-order valence-corrected chi connectivity index (χ4v) is 1.09. The van der Waals surface area contributed by atoms with E-state index in [1.54, 1.807) is 18.2 Å². The number of halogens is 3. The quantitative estimate of drug-likeness (QED) is 0.730. The molecule has 0 aliphatic carbocycles. The highest BCUT2D eigenvalue weighted by atomic mass is 35.6. The molecule has 0 amide bonds. The Morgan fingerprint density at radius 3 is 2.17 bits per heavy atom. The number of hydrogen-bond donors (Lipinski definition) is 1. The summed E-state index contributed by atoms with van der Waals surface area (Å²) >= 11 is 16.4. The molecule has 0 fully saturated rings. The van der Waals surface area contributed by atoms with E-state index in [-0.39, 0.29) is 5.56 Å². The Morgan fingerprint density at radius 1 is 1.25 bits per heavy atom. The van der Waals surface area contributed by atoms with Crippen LogP contribution in [0.3, 0.4) is 0 Å². The van der Waals surface area contributed by atoms with Gasteiger partial charge in [-0.15, -0.1) is 0 Å². The molecule has 1 nitrogen and oxygen atoms in total. The summed E-state index contributed by atoms with van der Waals surface area (Å²) in [5.74, 6) is 0. The van der Waals surface area contributed by atoms with Crippen LogP contribution in [0.25, 0.3) is 0 Å². The zero-order valence-corrected chi connectivity index (χ0v) is 8.24. The number of aliphatic hydroxyl groups is 1. The Morgan fingerprint density at radius 2 is 1.75 bits per heavy atom. The molecule has 1 rings (SSSR count). The maximum Gasteiger partial charge on any atom is 0.220 e. The van der Waals surface area contributed by atoms with Crippen molar-refractivity contribution in [2.45, 2.75) is 9.87 Å². The zero-order chi connectivity index (χ0) is 10.1. The topological polar surface area (TPSA) is 20.2 Å². The zero-order valence-electron chi connectivity index (χ0n) is 6.97. The lowest BCUT2D eigenvalue weighted by Gasteiger charge is -2.18. The molecule has 1 aromatic rings. The van der Waals surface area contributed by atoms with Crippen LogP contribution in [0.2, 0.25) is 0 Å². The second-order valence-corrected chi connectivity index (χ2v) is 4.49. The van der Waals surface area contributed by atoms with Crippen LogP contribution in [-0.2, 0) is 0 Å². The first-order valence-corrected chi connectivity index (χ1v) is 4.34. The van der Waals surface area contributed by atoms with Gasteiger partial charge < -0.3 is 5.11 Å².